The molecule has 4 nitrogen and oxygen atoms in total. The van der Waals surface area contributed by atoms with Crippen LogP contribution >= 0.6 is 11.3 Å². The highest BCUT2D eigenvalue weighted by Crippen LogP contribution is 2.35. The molecular weight excluding hydrogens is 426 g/mol. The van der Waals surface area contributed by atoms with Crippen molar-refractivity contribution in [3.8, 4) is 0 Å². The average Bonchev–Trinajstić information content (AvgIpc) is 3.14. The standard InChI is InChI=1S/C25H26F2N4S/c1-2-21-12-22-24(23-17(11-19(27)14-29-23)13-30-25(22)32-21)31-9-8-28-20(15-31)7-6-16-4-3-5-18(26)10-16/h3-5,10-14,20,28,30H,2,6-9,15H2,1H3. The van der Waals surface area contributed by atoms with Crippen LogP contribution in [0, 0.1) is 11.6 Å². The maximum Gasteiger partial charge on any atom is 0.142 e. The molecule has 1 atom stereocenters. The molecule has 0 amide bonds. The Labute approximate surface area is 190 Å². The molecule has 1 aromatic carbocycles. The topological polar surface area (TPSA) is 40.2 Å². The molecule has 2 aromatic heterocycles. The second-order valence-electron chi connectivity index (χ2n) is 8.30. The molecule has 5 rings (SSSR count). The van der Waals surface area contributed by atoms with Gasteiger partial charge in [0, 0.05) is 47.5 Å². The lowest BCUT2D eigenvalue weighted by Crippen LogP contribution is -2.51. The number of rotatable bonds is 5. The Morgan fingerprint density at radius 2 is 2.09 bits per heavy atom. The molecule has 0 aliphatic carbocycles. The first kappa shape index (κ1) is 21.1. The van der Waals surface area contributed by atoms with E-state index in [1.165, 1.54) is 23.2 Å². The number of piperazine rings is 1. The molecule has 166 valence electrons. The van der Waals surface area contributed by atoms with Crippen molar-refractivity contribution in [3.63, 3.8) is 0 Å². The van der Waals surface area contributed by atoms with Crippen molar-refractivity contribution in [1.29, 1.82) is 0 Å². The summed E-state index contributed by atoms with van der Waals surface area (Å²) in [7, 11) is 0. The molecule has 4 heterocycles. The Balaban J connectivity index is 1.48. The maximum atomic E-state index is 14.0. The summed E-state index contributed by atoms with van der Waals surface area (Å²) in [6.07, 6.45) is 5.86. The summed E-state index contributed by atoms with van der Waals surface area (Å²) in [6.45, 7) is 4.68. The molecule has 1 saturated heterocycles. The van der Waals surface area contributed by atoms with E-state index in [1.54, 1.807) is 23.5 Å². The molecule has 2 aliphatic heterocycles. The van der Waals surface area contributed by atoms with E-state index in [1.807, 2.05) is 12.3 Å². The summed E-state index contributed by atoms with van der Waals surface area (Å²) in [6, 6.07) is 10.9. The molecule has 0 radical (unpaired) electrons. The fraction of sp³-hybridized carbons (Fsp3) is 0.320. The summed E-state index contributed by atoms with van der Waals surface area (Å²) in [5, 5.41) is 9.64. The highest BCUT2D eigenvalue weighted by Gasteiger charge is 2.26. The monoisotopic (exact) mass is 452 g/mol. The van der Waals surface area contributed by atoms with E-state index in [0.717, 1.165) is 71.3 Å². The number of benzene rings is 1. The molecule has 3 aromatic rings. The number of thiophene rings is 1. The van der Waals surface area contributed by atoms with Crippen LogP contribution in [0.15, 0.2) is 42.6 Å². The average molecular weight is 453 g/mol. The minimum atomic E-state index is -0.339. The Morgan fingerprint density at radius 3 is 2.94 bits per heavy atom. The molecule has 2 N–H and O–H groups in total. The fourth-order valence-corrected chi connectivity index (χ4v) is 5.48. The largest absolute Gasteiger partial charge is 0.366 e. The number of pyridine rings is 1. The van der Waals surface area contributed by atoms with Gasteiger partial charge in [0.15, 0.2) is 0 Å². The zero-order chi connectivity index (χ0) is 22.1. The van der Waals surface area contributed by atoms with Crippen LogP contribution in [0.25, 0.3) is 11.9 Å². The summed E-state index contributed by atoms with van der Waals surface area (Å²) in [4.78, 5) is 8.20. The number of hydrogen-bond donors (Lipinski definition) is 2. The Bertz CT molecular complexity index is 1250. The molecule has 0 bridgehead atoms. The fourth-order valence-electron chi connectivity index (χ4n) is 4.51. The minimum Gasteiger partial charge on any atom is -0.366 e. The van der Waals surface area contributed by atoms with Crippen LogP contribution in [-0.4, -0.2) is 35.6 Å². The van der Waals surface area contributed by atoms with Crippen LogP contribution in [0.5, 0.6) is 0 Å². The van der Waals surface area contributed by atoms with E-state index >= 15 is 0 Å². The minimum absolute atomic E-state index is 0.190. The van der Waals surface area contributed by atoms with E-state index in [2.05, 4.69) is 33.5 Å². The van der Waals surface area contributed by atoms with Crippen molar-refractivity contribution in [1.82, 2.24) is 15.2 Å². The Hall–Kier alpha value is -2.77. The third-order valence-electron chi connectivity index (χ3n) is 6.10. The van der Waals surface area contributed by atoms with Crippen molar-refractivity contribution >= 4 is 28.2 Å². The summed E-state index contributed by atoms with van der Waals surface area (Å²) >= 11 is 1.74. The lowest BCUT2D eigenvalue weighted by atomic mass is 10.0. The van der Waals surface area contributed by atoms with Gasteiger partial charge >= 0.3 is 0 Å². The van der Waals surface area contributed by atoms with Gasteiger partial charge in [-0.1, -0.05) is 19.1 Å². The molecule has 7 heteroatoms. The van der Waals surface area contributed by atoms with Gasteiger partial charge in [-0.15, -0.1) is 11.3 Å². The predicted molar refractivity (Wildman–Crippen MR) is 126 cm³/mol. The van der Waals surface area contributed by atoms with E-state index in [-0.39, 0.29) is 17.7 Å². The Morgan fingerprint density at radius 1 is 1.19 bits per heavy atom. The number of hydrogen-bond acceptors (Lipinski definition) is 5. The van der Waals surface area contributed by atoms with Crippen molar-refractivity contribution in [2.75, 3.05) is 25.0 Å². The third kappa shape index (κ3) is 4.27. The molecule has 0 spiro atoms. The van der Waals surface area contributed by atoms with Gasteiger partial charge in [-0.3, -0.25) is 4.98 Å². The second kappa shape index (κ2) is 9.00. The van der Waals surface area contributed by atoms with Gasteiger partial charge in [-0.2, -0.15) is 0 Å². The second-order valence-corrected chi connectivity index (χ2v) is 9.44. The molecule has 2 aliphatic rings. The number of aryl methyl sites for hydroxylation is 2. The number of halogens is 2. The van der Waals surface area contributed by atoms with Gasteiger partial charge in [-0.25, -0.2) is 8.78 Å². The van der Waals surface area contributed by atoms with Gasteiger partial charge in [-0.05, 0) is 49.1 Å². The van der Waals surface area contributed by atoms with Crippen molar-refractivity contribution in [2.45, 2.75) is 32.2 Å². The zero-order valence-electron chi connectivity index (χ0n) is 18.0. The van der Waals surface area contributed by atoms with E-state index in [0.29, 0.717) is 0 Å². The normalized spacial score (nSPS) is 17.8. The van der Waals surface area contributed by atoms with Gasteiger partial charge in [0.2, 0.25) is 0 Å². The molecule has 1 fully saturated rings. The van der Waals surface area contributed by atoms with E-state index in [9.17, 15) is 8.78 Å². The first-order chi connectivity index (χ1) is 15.6. The summed E-state index contributed by atoms with van der Waals surface area (Å²) in [5.74, 6) is -0.529. The van der Waals surface area contributed by atoms with Crippen molar-refractivity contribution in [2.24, 2.45) is 0 Å². The molecule has 1 unspecified atom stereocenters. The third-order valence-corrected chi connectivity index (χ3v) is 7.31. The number of fused-ring (bicyclic) bond motifs is 2. The van der Waals surface area contributed by atoms with Gasteiger partial charge in [0.25, 0.3) is 0 Å². The van der Waals surface area contributed by atoms with E-state index < -0.39 is 0 Å². The van der Waals surface area contributed by atoms with Gasteiger partial charge in [0.1, 0.15) is 16.6 Å². The van der Waals surface area contributed by atoms with Gasteiger partial charge in [0.05, 0.1) is 17.2 Å². The van der Waals surface area contributed by atoms with Crippen molar-refractivity contribution < 1.29 is 8.78 Å². The van der Waals surface area contributed by atoms with Crippen molar-refractivity contribution in [3.05, 3.63) is 80.8 Å². The van der Waals surface area contributed by atoms with Crippen LogP contribution < -0.4 is 21.2 Å². The predicted octanol–water partition coefficient (Wildman–Crippen LogP) is 3.21. The number of anilines is 1. The van der Waals surface area contributed by atoms with Crippen LogP contribution in [0.4, 0.5) is 13.8 Å². The molecule has 32 heavy (non-hydrogen) atoms. The lowest BCUT2D eigenvalue weighted by molar-refractivity contribution is 0.268. The molecular formula is C25H26F2N4S. The first-order valence-corrected chi connectivity index (χ1v) is 11.9. The highest BCUT2D eigenvalue weighted by molar-refractivity contribution is 7.16. The number of nitrogens with one attached hydrogen (secondary N) is 2. The summed E-state index contributed by atoms with van der Waals surface area (Å²) in [5.41, 5.74) is 3.20. The Kier molecular flexibility index (Phi) is 5.93. The first-order valence-electron chi connectivity index (χ1n) is 11.1. The maximum absolute atomic E-state index is 14.0. The van der Waals surface area contributed by atoms with Crippen LogP contribution in [-0.2, 0) is 12.8 Å². The van der Waals surface area contributed by atoms with E-state index in [4.69, 9.17) is 0 Å². The van der Waals surface area contributed by atoms with Gasteiger partial charge < -0.3 is 15.5 Å². The smallest absolute Gasteiger partial charge is 0.142 e. The SMILES string of the molecule is CCc1cc2c(s1)NC=c1cc(F)cnc1=C2N1CCNC(CCc2cccc(F)c2)C1. The zero-order valence-corrected chi connectivity index (χ0v) is 18.8. The van der Waals surface area contributed by atoms with Crippen LogP contribution in [0.2, 0.25) is 0 Å². The highest BCUT2D eigenvalue weighted by atomic mass is 32.1. The van der Waals surface area contributed by atoms with Crippen LogP contribution in [0.3, 0.4) is 0 Å². The lowest BCUT2D eigenvalue weighted by Gasteiger charge is -2.36. The summed E-state index contributed by atoms with van der Waals surface area (Å²) < 4.78 is 27.5. The quantitative estimate of drug-likeness (QED) is 0.624. The van der Waals surface area contributed by atoms with Crippen LogP contribution in [0.1, 0.15) is 29.3 Å². The number of nitrogens with zero attached hydrogens (tertiary/aromatic N) is 2. The molecule has 0 saturated carbocycles. The number of aromatic nitrogens is 1.